The number of aliphatic hydroxyl groups excluding tert-OH is 1. The van der Waals surface area contributed by atoms with Gasteiger partial charge in [0.2, 0.25) is 20.8 Å². The van der Waals surface area contributed by atoms with E-state index in [4.69, 9.17) is 16.3 Å². The van der Waals surface area contributed by atoms with E-state index >= 15 is 0 Å². The van der Waals surface area contributed by atoms with E-state index in [0.29, 0.717) is 18.3 Å². The van der Waals surface area contributed by atoms with E-state index in [1.807, 2.05) is 13.0 Å². The molecule has 0 spiro atoms. The fraction of sp³-hybridized carbons (Fsp3) is 0.552. The van der Waals surface area contributed by atoms with Gasteiger partial charge in [-0.15, -0.1) is 0 Å². The normalized spacial score (nSPS) is 15.3. The molecule has 3 heterocycles. The maximum Gasteiger partial charge on any atom is 0.229 e. The van der Waals surface area contributed by atoms with E-state index in [1.54, 1.807) is 27.1 Å². The molecule has 11 nitrogen and oxygen atoms in total. The molecule has 0 bridgehead atoms. The monoisotopic (exact) mass is 619 g/mol. The summed E-state index contributed by atoms with van der Waals surface area (Å²) >= 11 is 6.41. The summed E-state index contributed by atoms with van der Waals surface area (Å²) in [5.41, 5.74) is 3.15. The number of halogens is 1. The van der Waals surface area contributed by atoms with Crippen LogP contribution in [-0.2, 0) is 16.9 Å². The molecule has 0 unspecified atom stereocenters. The summed E-state index contributed by atoms with van der Waals surface area (Å²) in [4.78, 5) is 11.2. The number of aryl methyl sites for hydroxylation is 2. The maximum atomic E-state index is 12.9. The lowest BCUT2D eigenvalue weighted by Gasteiger charge is -2.42. The average molecular weight is 620 g/mol. The molecule has 1 aromatic carbocycles. The Bertz CT molecular complexity index is 1520. The van der Waals surface area contributed by atoms with E-state index < -0.39 is 15.1 Å². The third kappa shape index (κ3) is 6.82. The third-order valence-electron chi connectivity index (χ3n) is 7.77. The molecule has 0 amide bonds. The highest BCUT2D eigenvalue weighted by molar-refractivity contribution is 7.92. The molecule has 42 heavy (non-hydrogen) atoms. The minimum absolute atomic E-state index is 0.0696. The number of likely N-dealkylation sites (tertiary alicyclic amines) is 1. The van der Waals surface area contributed by atoms with Gasteiger partial charge < -0.3 is 20.5 Å². The number of hydrogen-bond donors (Lipinski definition) is 3. The number of ether oxygens (including phenoxy) is 1. The number of piperidine rings is 1. The Balaban J connectivity index is 1.59. The maximum absolute atomic E-state index is 12.9. The SMILES string of the molecule is CCOc1cc(C2CCN(C(C)(C)CO)CC2)c(C)cc1Nc1ncc(Cl)c(Nc2cn(C)nc2S(=O)(=O)C(C)C)n1. The van der Waals surface area contributed by atoms with Gasteiger partial charge in [0.15, 0.2) is 5.82 Å². The molecule has 0 aliphatic carbocycles. The van der Waals surface area contributed by atoms with Crippen LogP contribution in [0.2, 0.25) is 5.02 Å². The van der Waals surface area contributed by atoms with Crippen molar-refractivity contribution >= 4 is 44.6 Å². The molecule has 230 valence electrons. The molecule has 4 rings (SSSR count). The first-order chi connectivity index (χ1) is 19.8. The van der Waals surface area contributed by atoms with Gasteiger partial charge in [-0.1, -0.05) is 11.6 Å². The molecular formula is C29H42ClN7O4S. The number of nitrogens with one attached hydrogen (secondary N) is 2. The molecule has 1 aliphatic heterocycles. The third-order valence-corrected chi connectivity index (χ3v) is 10.1. The van der Waals surface area contributed by atoms with Gasteiger partial charge >= 0.3 is 0 Å². The lowest BCUT2D eigenvalue weighted by atomic mass is 9.85. The Morgan fingerprint density at radius 1 is 1.19 bits per heavy atom. The van der Waals surface area contributed by atoms with Gasteiger partial charge in [0.25, 0.3) is 0 Å². The van der Waals surface area contributed by atoms with Crippen LogP contribution in [0.4, 0.5) is 23.1 Å². The molecule has 0 saturated carbocycles. The minimum atomic E-state index is -3.65. The number of rotatable bonds is 11. The smallest absolute Gasteiger partial charge is 0.229 e. The number of benzene rings is 1. The van der Waals surface area contributed by atoms with Gasteiger partial charge in [0.05, 0.1) is 36.0 Å². The summed E-state index contributed by atoms with van der Waals surface area (Å²) in [6, 6.07) is 4.15. The molecule has 1 aliphatic rings. The molecule has 2 aromatic heterocycles. The molecule has 1 fully saturated rings. The van der Waals surface area contributed by atoms with Gasteiger partial charge in [-0.3, -0.25) is 9.58 Å². The molecule has 0 atom stereocenters. The van der Waals surface area contributed by atoms with Crippen LogP contribution in [0.15, 0.2) is 29.6 Å². The van der Waals surface area contributed by atoms with Crippen molar-refractivity contribution in [2.45, 2.75) is 76.1 Å². The Morgan fingerprint density at radius 2 is 1.88 bits per heavy atom. The van der Waals surface area contributed by atoms with Crippen LogP contribution >= 0.6 is 11.6 Å². The van der Waals surface area contributed by atoms with Crippen LogP contribution in [0.25, 0.3) is 0 Å². The van der Waals surface area contributed by atoms with Gasteiger partial charge in [0, 0.05) is 18.8 Å². The highest BCUT2D eigenvalue weighted by atomic mass is 35.5. The zero-order valence-electron chi connectivity index (χ0n) is 25.4. The Hall–Kier alpha value is -2.93. The van der Waals surface area contributed by atoms with Crippen molar-refractivity contribution in [1.82, 2.24) is 24.6 Å². The second-order valence-corrected chi connectivity index (χ2v) is 14.5. The summed E-state index contributed by atoms with van der Waals surface area (Å²) in [6.07, 6.45) is 5.03. The van der Waals surface area contributed by atoms with Crippen LogP contribution in [0.5, 0.6) is 5.75 Å². The molecule has 3 N–H and O–H groups in total. The fourth-order valence-corrected chi connectivity index (χ4v) is 6.40. The van der Waals surface area contributed by atoms with Crippen LogP contribution in [0, 0.1) is 6.92 Å². The summed E-state index contributed by atoms with van der Waals surface area (Å²) in [5.74, 6) is 1.60. The number of aliphatic hydroxyl groups is 1. The first-order valence-corrected chi connectivity index (χ1v) is 16.2. The highest BCUT2D eigenvalue weighted by Gasteiger charge is 2.31. The van der Waals surface area contributed by atoms with E-state index in [0.717, 1.165) is 37.2 Å². The van der Waals surface area contributed by atoms with Gasteiger partial charge in [0.1, 0.15) is 10.8 Å². The van der Waals surface area contributed by atoms with Crippen molar-refractivity contribution in [2.24, 2.45) is 7.05 Å². The number of hydrogen-bond acceptors (Lipinski definition) is 10. The van der Waals surface area contributed by atoms with E-state index in [9.17, 15) is 13.5 Å². The topological polar surface area (TPSA) is 134 Å². The van der Waals surface area contributed by atoms with Crippen molar-refractivity contribution in [3.8, 4) is 5.75 Å². The predicted molar refractivity (Wildman–Crippen MR) is 166 cm³/mol. The molecule has 13 heteroatoms. The van der Waals surface area contributed by atoms with Gasteiger partial charge in [-0.2, -0.15) is 10.1 Å². The van der Waals surface area contributed by atoms with Crippen LogP contribution in [-0.4, -0.2) is 75.3 Å². The molecule has 1 saturated heterocycles. The number of aromatic nitrogens is 4. The Labute approximate surface area is 253 Å². The standard InChI is InChI=1S/C29H42ClN7O4S/c1-8-41-25-14-21(20-9-11-37(12-10-20)29(5,6)17-38)19(4)13-23(25)33-28-31-15-22(30)26(34-28)32-24-16-36(7)35-27(24)42(39,40)18(2)3/h13-16,18,20,38H,8-12,17H2,1-7H3,(H2,31,32,33,34). The number of sulfone groups is 1. The summed E-state index contributed by atoms with van der Waals surface area (Å²) in [5, 5.41) is 19.7. The van der Waals surface area contributed by atoms with Crippen molar-refractivity contribution in [3.63, 3.8) is 0 Å². The van der Waals surface area contributed by atoms with Crippen LogP contribution in [0.1, 0.15) is 64.5 Å². The van der Waals surface area contributed by atoms with Crippen molar-refractivity contribution < 1.29 is 18.3 Å². The highest BCUT2D eigenvalue weighted by Crippen LogP contribution is 2.39. The number of nitrogens with zero attached hydrogens (tertiary/aromatic N) is 5. The van der Waals surface area contributed by atoms with E-state index in [-0.39, 0.29) is 39.6 Å². The lowest BCUT2D eigenvalue weighted by Crippen LogP contribution is -2.50. The van der Waals surface area contributed by atoms with E-state index in [2.05, 4.69) is 57.4 Å². The zero-order chi connectivity index (χ0) is 30.8. The zero-order valence-corrected chi connectivity index (χ0v) is 27.0. The van der Waals surface area contributed by atoms with Crippen molar-refractivity contribution in [3.05, 3.63) is 40.7 Å². The summed E-state index contributed by atoms with van der Waals surface area (Å²) in [6.45, 7) is 13.9. The Kier molecular flexibility index (Phi) is 9.71. The predicted octanol–water partition coefficient (Wildman–Crippen LogP) is 5.19. The van der Waals surface area contributed by atoms with Crippen molar-refractivity contribution in [2.75, 3.05) is 36.9 Å². The van der Waals surface area contributed by atoms with E-state index in [1.165, 1.54) is 16.4 Å². The summed E-state index contributed by atoms with van der Waals surface area (Å²) in [7, 11) is -2.00. The largest absolute Gasteiger partial charge is 0.492 e. The second kappa shape index (κ2) is 12.7. The van der Waals surface area contributed by atoms with Crippen molar-refractivity contribution in [1.29, 1.82) is 0 Å². The minimum Gasteiger partial charge on any atom is -0.492 e. The van der Waals surface area contributed by atoms with Crippen LogP contribution < -0.4 is 15.4 Å². The van der Waals surface area contributed by atoms with Gasteiger partial charge in [-0.25, -0.2) is 13.4 Å². The quantitative estimate of drug-likeness (QED) is 0.263. The van der Waals surface area contributed by atoms with Crippen LogP contribution in [0.3, 0.4) is 0 Å². The average Bonchev–Trinajstić information content (AvgIpc) is 3.32. The summed E-state index contributed by atoms with van der Waals surface area (Å²) < 4.78 is 33.2. The lowest BCUT2D eigenvalue weighted by molar-refractivity contribution is 0.0378. The molecule has 3 aromatic rings. The molecular weight excluding hydrogens is 578 g/mol. The second-order valence-electron chi connectivity index (χ2n) is 11.6. The van der Waals surface area contributed by atoms with Gasteiger partial charge in [-0.05, 0) is 96.7 Å². The first-order valence-electron chi connectivity index (χ1n) is 14.2. The molecule has 0 radical (unpaired) electrons. The first kappa shape index (κ1) is 32.0. The Morgan fingerprint density at radius 3 is 2.50 bits per heavy atom. The number of anilines is 4. The fourth-order valence-electron chi connectivity index (χ4n) is 5.16.